The van der Waals surface area contributed by atoms with Crippen molar-refractivity contribution in [1.29, 1.82) is 0 Å². The molecule has 1 N–H and O–H groups in total. The molecule has 2 aliphatic rings. The Labute approximate surface area is 112 Å². The maximum Gasteiger partial charge on any atom is 0.168 e. The van der Waals surface area contributed by atoms with Crippen molar-refractivity contribution in [3.63, 3.8) is 0 Å². The van der Waals surface area contributed by atoms with Crippen molar-refractivity contribution in [2.45, 2.75) is 43.9 Å². The van der Waals surface area contributed by atoms with Gasteiger partial charge in [-0.1, -0.05) is 0 Å². The first-order chi connectivity index (χ1) is 8.86. The number of aromatic nitrogens is 1. The molecule has 100 valence electrons. The summed E-state index contributed by atoms with van der Waals surface area (Å²) in [7, 11) is 0. The van der Waals surface area contributed by atoms with Crippen LogP contribution in [0.4, 0.5) is 0 Å². The van der Waals surface area contributed by atoms with Crippen LogP contribution in [0.2, 0.25) is 0 Å². The SMILES string of the molecule is c1csc(CCNC2CCC3(CC2)OCCO3)n1. The Balaban J connectivity index is 1.38. The number of hydrogen-bond acceptors (Lipinski definition) is 5. The summed E-state index contributed by atoms with van der Waals surface area (Å²) in [5.41, 5.74) is 0. The predicted molar refractivity (Wildman–Crippen MR) is 70.7 cm³/mol. The zero-order valence-electron chi connectivity index (χ0n) is 10.6. The number of rotatable bonds is 4. The second kappa shape index (κ2) is 5.65. The molecule has 4 nitrogen and oxygen atoms in total. The van der Waals surface area contributed by atoms with Crippen molar-refractivity contribution in [1.82, 2.24) is 10.3 Å². The molecule has 2 fully saturated rings. The quantitative estimate of drug-likeness (QED) is 0.906. The molecule has 0 radical (unpaired) electrons. The zero-order chi connectivity index (χ0) is 12.3. The van der Waals surface area contributed by atoms with Crippen molar-refractivity contribution in [2.75, 3.05) is 19.8 Å². The molecular formula is C13H20N2O2S. The number of nitrogens with one attached hydrogen (secondary N) is 1. The van der Waals surface area contributed by atoms with Gasteiger partial charge in [-0.2, -0.15) is 0 Å². The maximum atomic E-state index is 5.73. The smallest absolute Gasteiger partial charge is 0.168 e. The van der Waals surface area contributed by atoms with Crippen LogP contribution in [0.25, 0.3) is 0 Å². The number of hydrogen-bond donors (Lipinski definition) is 1. The third-order valence-corrected chi connectivity index (χ3v) is 4.66. The van der Waals surface area contributed by atoms with E-state index in [0.29, 0.717) is 6.04 Å². The van der Waals surface area contributed by atoms with E-state index < -0.39 is 0 Å². The van der Waals surface area contributed by atoms with Crippen LogP contribution in [0.3, 0.4) is 0 Å². The van der Waals surface area contributed by atoms with E-state index in [2.05, 4.69) is 10.3 Å². The minimum absolute atomic E-state index is 0.229. The fourth-order valence-corrected chi connectivity index (χ4v) is 3.43. The second-order valence-electron chi connectivity index (χ2n) is 5.01. The average Bonchev–Trinajstić information content (AvgIpc) is 3.04. The van der Waals surface area contributed by atoms with Crippen LogP contribution in [0.15, 0.2) is 11.6 Å². The average molecular weight is 268 g/mol. The Hall–Kier alpha value is -0.490. The molecule has 3 rings (SSSR count). The molecule has 0 unspecified atom stereocenters. The van der Waals surface area contributed by atoms with Crippen LogP contribution in [0.1, 0.15) is 30.7 Å². The maximum absolute atomic E-state index is 5.73. The minimum Gasteiger partial charge on any atom is -0.348 e. The van der Waals surface area contributed by atoms with Gasteiger partial charge in [-0.3, -0.25) is 0 Å². The van der Waals surface area contributed by atoms with Crippen LogP contribution < -0.4 is 5.32 Å². The van der Waals surface area contributed by atoms with Gasteiger partial charge >= 0.3 is 0 Å². The zero-order valence-corrected chi connectivity index (χ0v) is 11.4. The number of nitrogens with zero attached hydrogens (tertiary/aromatic N) is 1. The van der Waals surface area contributed by atoms with E-state index >= 15 is 0 Å². The molecule has 1 aliphatic carbocycles. The van der Waals surface area contributed by atoms with Crippen molar-refractivity contribution >= 4 is 11.3 Å². The molecule has 1 aromatic heterocycles. The lowest BCUT2D eigenvalue weighted by molar-refractivity contribution is -0.179. The molecule has 1 saturated heterocycles. The highest BCUT2D eigenvalue weighted by molar-refractivity contribution is 7.09. The highest BCUT2D eigenvalue weighted by Gasteiger charge is 2.39. The second-order valence-corrected chi connectivity index (χ2v) is 5.99. The molecule has 1 spiro atoms. The van der Waals surface area contributed by atoms with E-state index in [9.17, 15) is 0 Å². The third-order valence-electron chi connectivity index (χ3n) is 3.82. The lowest BCUT2D eigenvalue weighted by Crippen LogP contribution is -2.42. The first-order valence-corrected chi connectivity index (χ1v) is 7.64. The lowest BCUT2D eigenvalue weighted by Gasteiger charge is -2.35. The number of thiazole rings is 1. The molecule has 1 saturated carbocycles. The molecule has 0 atom stereocenters. The Kier molecular flexibility index (Phi) is 3.94. The Morgan fingerprint density at radius 2 is 2.11 bits per heavy atom. The predicted octanol–water partition coefficient (Wildman–Crippen LogP) is 1.96. The fourth-order valence-electron chi connectivity index (χ4n) is 2.81. The van der Waals surface area contributed by atoms with Gasteiger partial charge in [0.05, 0.1) is 18.2 Å². The van der Waals surface area contributed by atoms with Gasteiger partial charge in [0.15, 0.2) is 5.79 Å². The van der Waals surface area contributed by atoms with Gasteiger partial charge in [0.1, 0.15) is 0 Å². The Bertz CT molecular complexity index is 353. The van der Waals surface area contributed by atoms with Crippen LogP contribution in [0.5, 0.6) is 0 Å². The Morgan fingerprint density at radius 1 is 1.33 bits per heavy atom. The molecule has 0 aromatic carbocycles. The van der Waals surface area contributed by atoms with Gasteiger partial charge in [0.25, 0.3) is 0 Å². The minimum atomic E-state index is -0.229. The molecule has 1 aliphatic heterocycles. The van der Waals surface area contributed by atoms with Gasteiger partial charge in [0.2, 0.25) is 0 Å². The van der Waals surface area contributed by atoms with E-state index in [1.54, 1.807) is 11.3 Å². The van der Waals surface area contributed by atoms with E-state index in [4.69, 9.17) is 9.47 Å². The first kappa shape index (κ1) is 12.5. The van der Waals surface area contributed by atoms with E-state index in [1.165, 1.54) is 5.01 Å². The third kappa shape index (κ3) is 2.91. The monoisotopic (exact) mass is 268 g/mol. The summed E-state index contributed by atoms with van der Waals surface area (Å²) in [6.07, 6.45) is 7.27. The lowest BCUT2D eigenvalue weighted by atomic mass is 9.90. The summed E-state index contributed by atoms with van der Waals surface area (Å²) in [5.74, 6) is -0.229. The summed E-state index contributed by atoms with van der Waals surface area (Å²) in [6.45, 7) is 2.55. The van der Waals surface area contributed by atoms with Crippen molar-refractivity contribution in [2.24, 2.45) is 0 Å². The molecule has 1 aromatic rings. The topological polar surface area (TPSA) is 43.4 Å². The largest absolute Gasteiger partial charge is 0.348 e. The fraction of sp³-hybridized carbons (Fsp3) is 0.769. The molecular weight excluding hydrogens is 248 g/mol. The summed E-state index contributed by atoms with van der Waals surface area (Å²) < 4.78 is 11.5. The van der Waals surface area contributed by atoms with Crippen molar-refractivity contribution in [3.8, 4) is 0 Å². The summed E-state index contributed by atoms with van der Waals surface area (Å²) in [6, 6.07) is 0.614. The van der Waals surface area contributed by atoms with Gasteiger partial charge in [-0.25, -0.2) is 4.98 Å². The normalized spacial score (nSPS) is 23.8. The molecule has 2 heterocycles. The highest BCUT2D eigenvalue weighted by Crippen LogP contribution is 2.35. The summed E-state index contributed by atoms with van der Waals surface area (Å²) in [4.78, 5) is 4.30. The van der Waals surface area contributed by atoms with Crippen LogP contribution in [-0.4, -0.2) is 36.6 Å². The van der Waals surface area contributed by atoms with Crippen LogP contribution in [0, 0.1) is 0 Å². The van der Waals surface area contributed by atoms with Crippen molar-refractivity contribution < 1.29 is 9.47 Å². The van der Waals surface area contributed by atoms with Gasteiger partial charge in [0, 0.05) is 43.4 Å². The van der Waals surface area contributed by atoms with E-state index in [1.807, 2.05) is 11.6 Å². The van der Waals surface area contributed by atoms with Gasteiger partial charge in [-0.15, -0.1) is 11.3 Å². The van der Waals surface area contributed by atoms with Crippen molar-refractivity contribution in [3.05, 3.63) is 16.6 Å². The first-order valence-electron chi connectivity index (χ1n) is 6.76. The molecule has 18 heavy (non-hydrogen) atoms. The van der Waals surface area contributed by atoms with Gasteiger partial charge < -0.3 is 14.8 Å². The molecule has 0 bridgehead atoms. The molecule has 5 heteroatoms. The molecule has 0 amide bonds. The van der Waals surface area contributed by atoms with Gasteiger partial charge in [-0.05, 0) is 12.8 Å². The summed E-state index contributed by atoms with van der Waals surface area (Å²) >= 11 is 1.73. The van der Waals surface area contributed by atoms with Crippen LogP contribution in [-0.2, 0) is 15.9 Å². The Morgan fingerprint density at radius 3 is 2.78 bits per heavy atom. The van der Waals surface area contributed by atoms with E-state index in [0.717, 1.165) is 51.9 Å². The standard InChI is InChI=1S/C13H20N2O2S/c1-4-13(16-8-9-17-13)5-2-11(1)14-6-3-12-15-7-10-18-12/h7,10-11,14H,1-6,8-9H2. The summed E-state index contributed by atoms with van der Waals surface area (Å²) in [5, 5.41) is 6.88. The van der Waals surface area contributed by atoms with Crippen LogP contribution >= 0.6 is 11.3 Å². The number of ether oxygens (including phenoxy) is 2. The highest BCUT2D eigenvalue weighted by atomic mass is 32.1. The van der Waals surface area contributed by atoms with E-state index in [-0.39, 0.29) is 5.79 Å².